The van der Waals surface area contributed by atoms with E-state index in [1.807, 2.05) is 11.6 Å². The van der Waals surface area contributed by atoms with Crippen LogP contribution in [-0.4, -0.2) is 4.37 Å². The number of aryl methyl sites for hydroxylation is 1. The van der Waals surface area contributed by atoms with Gasteiger partial charge in [0.25, 0.3) is 5.56 Å². The second kappa shape index (κ2) is 1.50. The second-order valence-electron chi connectivity index (χ2n) is 1.33. The first-order valence-electron chi connectivity index (χ1n) is 1.92. The summed E-state index contributed by atoms with van der Waals surface area (Å²) < 4.78 is 2.69. The summed E-state index contributed by atoms with van der Waals surface area (Å²) in [5.74, 6) is 0. The molecule has 0 bridgehead atoms. The molecule has 1 aromatic rings. The van der Waals surface area contributed by atoms with Gasteiger partial charge in [0.15, 0.2) is 5.38 Å². The largest absolute Gasteiger partial charge is 0.293 e. The van der Waals surface area contributed by atoms with Crippen LogP contribution in [0.2, 0.25) is 0 Å². The summed E-state index contributed by atoms with van der Waals surface area (Å²) in [5, 5.41) is 1.86. The fourth-order valence-electron chi connectivity index (χ4n) is 0.391. The molecule has 0 amide bonds. The molecule has 0 aromatic carbocycles. The smallest absolute Gasteiger partial charge is 0.265 e. The van der Waals surface area contributed by atoms with E-state index in [2.05, 4.69) is 4.37 Å². The Hall–Kier alpha value is -0.570. The second-order valence-corrected chi connectivity index (χ2v) is 2.92. The summed E-state index contributed by atoms with van der Waals surface area (Å²) in [4.78, 5) is 10.3. The van der Waals surface area contributed by atoms with Crippen LogP contribution in [0.5, 0.6) is 0 Å². The van der Waals surface area contributed by atoms with Crippen molar-refractivity contribution in [2.45, 2.75) is 0 Å². The SMILES string of the molecule is C[s+]1ccc(=O)[nH]1. The van der Waals surface area contributed by atoms with Crippen LogP contribution in [-0.2, 0) is 6.26 Å². The first kappa shape index (κ1) is 4.59. The number of nitrogens with one attached hydrogen (secondary N) is 1. The molecular formula is C4H6NOS+. The maximum absolute atomic E-state index is 10.3. The third kappa shape index (κ3) is 0.899. The van der Waals surface area contributed by atoms with Crippen molar-refractivity contribution in [3.63, 3.8) is 0 Å². The zero-order valence-corrected chi connectivity index (χ0v) is 4.79. The summed E-state index contributed by atoms with van der Waals surface area (Å²) >= 11 is 0. The van der Waals surface area contributed by atoms with Crippen LogP contribution >= 0.6 is 10.7 Å². The first-order chi connectivity index (χ1) is 3.29. The number of hydrogen-bond acceptors (Lipinski definition) is 1. The van der Waals surface area contributed by atoms with Crippen molar-refractivity contribution in [2.75, 3.05) is 0 Å². The molecule has 1 rings (SSSR count). The van der Waals surface area contributed by atoms with Gasteiger partial charge in [0, 0.05) is 0 Å². The van der Waals surface area contributed by atoms with E-state index < -0.39 is 0 Å². The molecule has 0 aliphatic heterocycles. The first-order valence-corrected chi connectivity index (χ1v) is 3.62. The molecule has 0 saturated carbocycles. The monoisotopic (exact) mass is 116 g/mol. The molecule has 38 valence electrons. The van der Waals surface area contributed by atoms with Crippen molar-refractivity contribution in [2.24, 2.45) is 6.26 Å². The van der Waals surface area contributed by atoms with E-state index in [9.17, 15) is 4.79 Å². The lowest BCUT2D eigenvalue weighted by Crippen LogP contribution is -1.92. The van der Waals surface area contributed by atoms with Crippen LogP contribution < -0.4 is 5.56 Å². The van der Waals surface area contributed by atoms with Gasteiger partial charge >= 0.3 is 0 Å². The predicted molar refractivity (Wildman–Crippen MR) is 30.5 cm³/mol. The Labute approximate surface area is 43.9 Å². The van der Waals surface area contributed by atoms with Crippen LogP contribution in [0.3, 0.4) is 0 Å². The van der Waals surface area contributed by atoms with E-state index in [4.69, 9.17) is 0 Å². The highest BCUT2D eigenvalue weighted by atomic mass is 32.2. The quantitative estimate of drug-likeness (QED) is 0.496. The molecule has 7 heavy (non-hydrogen) atoms. The summed E-state index contributed by atoms with van der Waals surface area (Å²) in [6.07, 6.45) is 1.96. The van der Waals surface area contributed by atoms with Gasteiger partial charge in [-0.3, -0.25) is 4.79 Å². The lowest BCUT2D eigenvalue weighted by Gasteiger charge is -1.58. The van der Waals surface area contributed by atoms with Crippen molar-refractivity contribution in [3.8, 4) is 0 Å². The average Bonchev–Trinajstić information content (AvgIpc) is 1.87. The van der Waals surface area contributed by atoms with Crippen molar-refractivity contribution in [1.82, 2.24) is 4.37 Å². The number of H-pyrrole nitrogens is 1. The molecule has 0 fully saturated rings. The molecule has 1 atom stereocenters. The topological polar surface area (TPSA) is 32.9 Å². The normalized spacial score (nSPS) is 11.9. The van der Waals surface area contributed by atoms with Crippen LogP contribution in [0, 0.1) is 0 Å². The number of aromatic nitrogens is 1. The molecule has 0 spiro atoms. The molecule has 0 radical (unpaired) electrons. The molecule has 1 aromatic heterocycles. The minimum atomic E-state index is 0.0170. The Morgan fingerprint density at radius 2 is 2.57 bits per heavy atom. The summed E-state index contributed by atoms with van der Waals surface area (Å²) in [6, 6.07) is 1.56. The minimum absolute atomic E-state index is 0.0170. The van der Waals surface area contributed by atoms with E-state index in [1.54, 1.807) is 6.07 Å². The fraction of sp³-hybridized carbons (Fsp3) is 0.250. The molecule has 0 saturated heterocycles. The molecule has 0 aliphatic carbocycles. The average molecular weight is 116 g/mol. The van der Waals surface area contributed by atoms with Gasteiger partial charge in [-0.1, -0.05) is 0 Å². The Morgan fingerprint density at radius 1 is 1.86 bits per heavy atom. The molecule has 0 aliphatic rings. The number of aromatic amines is 1. The van der Waals surface area contributed by atoms with Crippen molar-refractivity contribution < 1.29 is 0 Å². The van der Waals surface area contributed by atoms with Crippen LogP contribution in [0.1, 0.15) is 0 Å². The van der Waals surface area contributed by atoms with Gasteiger partial charge in [0.2, 0.25) is 0 Å². The van der Waals surface area contributed by atoms with Gasteiger partial charge in [0.1, 0.15) is 6.26 Å². The number of hydrogen-bond donors (Lipinski definition) is 1. The number of rotatable bonds is 0. The Bertz CT molecular complexity index is 199. The molecule has 1 unspecified atom stereocenters. The van der Waals surface area contributed by atoms with E-state index in [0.717, 1.165) is 0 Å². The molecule has 2 nitrogen and oxygen atoms in total. The lowest BCUT2D eigenvalue weighted by atomic mass is 10.8. The van der Waals surface area contributed by atoms with Gasteiger partial charge in [-0.05, 0) is 0 Å². The zero-order valence-electron chi connectivity index (χ0n) is 3.97. The van der Waals surface area contributed by atoms with Gasteiger partial charge in [-0.15, -0.1) is 0 Å². The van der Waals surface area contributed by atoms with Crippen LogP contribution in [0.25, 0.3) is 0 Å². The predicted octanol–water partition coefficient (Wildman–Crippen LogP) is 0.661. The standard InChI is InChI=1S/C4H5NOS/c1-7-3-2-4(6)5-7/h2-3H,1H3/p+1. The zero-order chi connectivity index (χ0) is 5.28. The fourth-order valence-corrected chi connectivity index (χ4v) is 1.17. The third-order valence-corrected chi connectivity index (χ3v) is 1.75. The molecule has 3 heteroatoms. The van der Waals surface area contributed by atoms with Gasteiger partial charge in [-0.25, -0.2) is 0 Å². The van der Waals surface area contributed by atoms with Gasteiger partial charge in [0.05, 0.1) is 16.7 Å². The van der Waals surface area contributed by atoms with Crippen molar-refractivity contribution >= 4 is 10.7 Å². The lowest BCUT2D eigenvalue weighted by molar-refractivity contribution is 1.42. The van der Waals surface area contributed by atoms with E-state index in [-0.39, 0.29) is 16.2 Å². The third-order valence-electron chi connectivity index (χ3n) is 0.685. The van der Waals surface area contributed by atoms with E-state index in [0.29, 0.717) is 0 Å². The minimum Gasteiger partial charge on any atom is -0.265 e. The maximum Gasteiger partial charge on any atom is 0.293 e. The highest BCUT2D eigenvalue weighted by molar-refractivity contribution is 7.22. The van der Waals surface area contributed by atoms with Crippen LogP contribution in [0.4, 0.5) is 0 Å². The molecular weight excluding hydrogens is 110 g/mol. The Kier molecular flexibility index (Phi) is 0.982. The summed E-state index contributed by atoms with van der Waals surface area (Å²) in [6.45, 7) is 0. The molecule has 1 N–H and O–H groups in total. The summed E-state index contributed by atoms with van der Waals surface area (Å²) in [7, 11) is 0.0170. The Morgan fingerprint density at radius 3 is 2.71 bits per heavy atom. The highest BCUT2D eigenvalue weighted by Crippen LogP contribution is 1.98. The highest BCUT2D eigenvalue weighted by Gasteiger charge is 1.91. The van der Waals surface area contributed by atoms with Gasteiger partial charge < -0.3 is 0 Å². The van der Waals surface area contributed by atoms with Crippen molar-refractivity contribution in [1.29, 1.82) is 0 Å². The van der Waals surface area contributed by atoms with Gasteiger partial charge in [-0.2, -0.15) is 4.37 Å². The maximum atomic E-state index is 10.3. The molecule has 1 heterocycles. The Balaban J connectivity index is 3.30. The summed E-state index contributed by atoms with van der Waals surface area (Å²) in [5.41, 5.74) is 0.0332. The van der Waals surface area contributed by atoms with E-state index >= 15 is 0 Å². The van der Waals surface area contributed by atoms with E-state index in [1.165, 1.54) is 0 Å². The van der Waals surface area contributed by atoms with Crippen LogP contribution in [0.15, 0.2) is 16.2 Å². The van der Waals surface area contributed by atoms with Crippen molar-refractivity contribution in [3.05, 3.63) is 21.8 Å².